The predicted molar refractivity (Wildman–Crippen MR) is 71.5 cm³/mol. The summed E-state index contributed by atoms with van der Waals surface area (Å²) >= 11 is 11.9. The quantitative estimate of drug-likeness (QED) is 0.834. The Labute approximate surface area is 112 Å². The highest BCUT2D eigenvalue weighted by Gasteiger charge is 2.41. The van der Waals surface area contributed by atoms with Crippen LogP contribution in [-0.2, 0) is 6.54 Å². The van der Waals surface area contributed by atoms with Crippen LogP contribution < -0.4 is 5.32 Å². The lowest BCUT2D eigenvalue weighted by molar-refractivity contribution is 0.245. The molecule has 1 aromatic rings. The van der Waals surface area contributed by atoms with E-state index in [9.17, 15) is 0 Å². The fourth-order valence-electron chi connectivity index (χ4n) is 2.11. The van der Waals surface area contributed by atoms with Gasteiger partial charge in [0.1, 0.15) is 0 Å². The Morgan fingerprint density at radius 3 is 2.35 bits per heavy atom. The zero-order valence-corrected chi connectivity index (χ0v) is 11.2. The smallest absolute Gasteiger partial charge is 0.0436 e. The lowest BCUT2D eigenvalue weighted by Gasteiger charge is -2.14. The molecule has 2 nitrogen and oxygen atoms in total. The van der Waals surface area contributed by atoms with E-state index in [4.69, 9.17) is 28.3 Å². The van der Waals surface area contributed by atoms with Crippen LogP contribution in [0.4, 0.5) is 0 Å². The lowest BCUT2D eigenvalue weighted by Crippen LogP contribution is -2.24. The first-order valence-corrected chi connectivity index (χ1v) is 6.66. The topological polar surface area (TPSA) is 32.3 Å². The second kappa shape index (κ2) is 5.57. The molecule has 94 valence electrons. The van der Waals surface area contributed by atoms with E-state index in [1.54, 1.807) is 6.07 Å². The van der Waals surface area contributed by atoms with Crippen LogP contribution in [0.5, 0.6) is 0 Å². The van der Waals surface area contributed by atoms with E-state index in [2.05, 4.69) is 5.32 Å². The molecule has 17 heavy (non-hydrogen) atoms. The van der Waals surface area contributed by atoms with Gasteiger partial charge < -0.3 is 10.4 Å². The van der Waals surface area contributed by atoms with Crippen molar-refractivity contribution in [2.75, 3.05) is 13.2 Å². The molecule has 1 saturated carbocycles. The van der Waals surface area contributed by atoms with E-state index in [0.717, 1.165) is 25.1 Å². The first-order chi connectivity index (χ1) is 8.13. The lowest BCUT2D eigenvalue weighted by atomic mass is 10.0. The molecule has 4 heteroatoms. The average Bonchev–Trinajstić information content (AvgIpc) is 2.97. The van der Waals surface area contributed by atoms with Gasteiger partial charge in [0.2, 0.25) is 0 Å². The molecular weight excluding hydrogens is 257 g/mol. The van der Waals surface area contributed by atoms with Crippen molar-refractivity contribution in [2.45, 2.75) is 25.8 Å². The van der Waals surface area contributed by atoms with Gasteiger partial charge in [0, 0.05) is 29.7 Å². The van der Waals surface area contributed by atoms with E-state index in [1.165, 1.54) is 12.8 Å². The Bertz CT molecular complexity index is 371. The SMILES string of the molecule is OCCC1(CNCc2cc(Cl)cc(Cl)c2)CC1. The van der Waals surface area contributed by atoms with Gasteiger partial charge >= 0.3 is 0 Å². The summed E-state index contributed by atoms with van der Waals surface area (Å²) in [4.78, 5) is 0. The Kier molecular flexibility index (Phi) is 4.31. The van der Waals surface area contributed by atoms with Gasteiger partial charge in [-0.2, -0.15) is 0 Å². The van der Waals surface area contributed by atoms with Gasteiger partial charge in [0.25, 0.3) is 0 Å². The summed E-state index contributed by atoms with van der Waals surface area (Å²) in [6.45, 7) is 2.01. The largest absolute Gasteiger partial charge is 0.396 e. The summed E-state index contributed by atoms with van der Waals surface area (Å²) < 4.78 is 0. The van der Waals surface area contributed by atoms with Gasteiger partial charge in [-0.25, -0.2) is 0 Å². The number of nitrogens with one attached hydrogen (secondary N) is 1. The molecule has 0 atom stereocenters. The maximum absolute atomic E-state index is 8.97. The third-order valence-electron chi connectivity index (χ3n) is 3.35. The average molecular weight is 274 g/mol. The van der Waals surface area contributed by atoms with E-state index < -0.39 is 0 Å². The summed E-state index contributed by atoms with van der Waals surface area (Å²) in [7, 11) is 0. The van der Waals surface area contributed by atoms with Gasteiger partial charge in [-0.1, -0.05) is 23.2 Å². The molecule has 0 aromatic heterocycles. The number of halogens is 2. The van der Waals surface area contributed by atoms with Crippen LogP contribution >= 0.6 is 23.2 Å². The Balaban J connectivity index is 1.82. The molecule has 1 aliphatic rings. The third kappa shape index (κ3) is 3.85. The van der Waals surface area contributed by atoms with Gasteiger partial charge in [-0.15, -0.1) is 0 Å². The Morgan fingerprint density at radius 1 is 1.18 bits per heavy atom. The van der Waals surface area contributed by atoms with Gasteiger partial charge in [-0.3, -0.25) is 0 Å². The fourth-order valence-corrected chi connectivity index (χ4v) is 2.69. The maximum Gasteiger partial charge on any atom is 0.0436 e. The Morgan fingerprint density at radius 2 is 1.82 bits per heavy atom. The molecule has 0 heterocycles. The summed E-state index contributed by atoms with van der Waals surface area (Å²) in [6, 6.07) is 5.58. The minimum atomic E-state index is 0.282. The number of hydrogen-bond acceptors (Lipinski definition) is 2. The summed E-state index contributed by atoms with van der Waals surface area (Å²) in [5.74, 6) is 0. The standard InChI is InChI=1S/C13H17Cl2NO/c14-11-5-10(6-12(15)7-11)8-16-9-13(1-2-13)3-4-17/h5-7,16-17H,1-4,8-9H2. The number of aliphatic hydroxyl groups excluding tert-OH is 1. The van der Waals surface area contributed by atoms with Crippen LogP contribution in [-0.4, -0.2) is 18.3 Å². The maximum atomic E-state index is 8.97. The van der Waals surface area contributed by atoms with Gasteiger partial charge in [-0.05, 0) is 48.4 Å². The highest BCUT2D eigenvalue weighted by atomic mass is 35.5. The monoisotopic (exact) mass is 273 g/mol. The molecule has 0 saturated heterocycles. The predicted octanol–water partition coefficient (Wildman–Crippen LogP) is 3.25. The molecular formula is C13H17Cl2NO. The molecule has 0 bridgehead atoms. The van der Waals surface area contributed by atoms with Crippen molar-refractivity contribution in [2.24, 2.45) is 5.41 Å². The highest BCUT2D eigenvalue weighted by molar-refractivity contribution is 6.34. The van der Waals surface area contributed by atoms with Gasteiger partial charge in [0.15, 0.2) is 0 Å². The zero-order valence-electron chi connectivity index (χ0n) is 9.68. The first-order valence-electron chi connectivity index (χ1n) is 5.90. The van der Waals surface area contributed by atoms with Crippen molar-refractivity contribution >= 4 is 23.2 Å². The molecule has 2 N–H and O–H groups in total. The van der Waals surface area contributed by atoms with E-state index in [0.29, 0.717) is 15.5 Å². The van der Waals surface area contributed by atoms with Crippen molar-refractivity contribution < 1.29 is 5.11 Å². The van der Waals surface area contributed by atoms with E-state index in [1.807, 2.05) is 12.1 Å². The molecule has 1 aromatic carbocycles. The minimum Gasteiger partial charge on any atom is -0.396 e. The minimum absolute atomic E-state index is 0.282. The van der Waals surface area contributed by atoms with Crippen molar-refractivity contribution in [3.8, 4) is 0 Å². The van der Waals surface area contributed by atoms with Crippen LogP contribution in [0, 0.1) is 5.41 Å². The molecule has 1 aliphatic carbocycles. The Hall–Kier alpha value is -0.280. The number of rotatable bonds is 6. The van der Waals surface area contributed by atoms with E-state index >= 15 is 0 Å². The van der Waals surface area contributed by atoms with E-state index in [-0.39, 0.29) is 6.61 Å². The van der Waals surface area contributed by atoms with Crippen molar-refractivity contribution in [1.82, 2.24) is 5.32 Å². The van der Waals surface area contributed by atoms with Crippen LogP contribution in [0.1, 0.15) is 24.8 Å². The van der Waals surface area contributed by atoms with Crippen LogP contribution in [0.3, 0.4) is 0 Å². The number of aliphatic hydroxyl groups is 1. The van der Waals surface area contributed by atoms with Crippen LogP contribution in [0.15, 0.2) is 18.2 Å². The molecule has 0 spiro atoms. The second-order valence-corrected chi connectivity index (χ2v) is 5.73. The molecule has 2 rings (SSSR count). The molecule has 0 unspecified atom stereocenters. The van der Waals surface area contributed by atoms with Crippen molar-refractivity contribution in [3.05, 3.63) is 33.8 Å². The first kappa shape index (κ1) is 13.2. The van der Waals surface area contributed by atoms with Crippen LogP contribution in [0.25, 0.3) is 0 Å². The molecule has 0 radical (unpaired) electrons. The zero-order chi connectivity index (χ0) is 12.3. The van der Waals surface area contributed by atoms with Gasteiger partial charge in [0.05, 0.1) is 0 Å². The molecule has 0 amide bonds. The molecule has 0 aliphatic heterocycles. The normalized spacial score (nSPS) is 17.1. The summed E-state index contributed by atoms with van der Waals surface area (Å²) in [5, 5.41) is 13.7. The summed E-state index contributed by atoms with van der Waals surface area (Å²) in [6.07, 6.45) is 3.34. The number of hydrogen-bond donors (Lipinski definition) is 2. The second-order valence-electron chi connectivity index (χ2n) is 4.85. The fraction of sp³-hybridized carbons (Fsp3) is 0.538. The molecule has 1 fully saturated rings. The van der Waals surface area contributed by atoms with Crippen molar-refractivity contribution in [3.63, 3.8) is 0 Å². The summed E-state index contributed by atoms with van der Waals surface area (Å²) in [5.41, 5.74) is 1.44. The highest BCUT2D eigenvalue weighted by Crippen LogP contribution is 2.47. The van der Waals surface area contributed by atoms with Crippen LogP contribution in [0.2, 0.25) is 10.0 Å². The third-order valence-corrected chi connectivity index (χ3v) is 3.79. The van der Waals surface area contributed by atoms with Crippen molar-refractivity contribution in [1.29, 1.82) is 0 Å². The number of benzene rings is 1.